The van der Waals surface area contributed by atoms with Crippen molar-refractivity contribution in [2.45, 2.75) is 18.7 Å². The van der Waals surface area contributed by atoms with E-state index in [0.717, 1.165) is 11.1 Å². The van der Waals surface area contributed by atoms with Crippen molar-refractivity contribution >= 4 is 21.6 Å². The summed E-state index contributed by atoms with van der Waals surface area (Å²) in [5.74, 6) is -0.330. The van der Waals surface area contributed by atoms with Crippen LogP contribution in [0.15, 0.2) is 53.4 Å². The van der Waals surface area contributed by atoms with Gasteiger partial charge in [0, 0.05) is 12.7 Å². The number of aryl methyl sites for hydroxylation is 2. The van der Waals surface area contributed by atoms with E-state index in [9.17, 15) is 13.2 Å². The number of carbonyl (C=O) groups excluding carboxylic acids is 1. The monoisotopic (exact) mass is 332 g/mol. The maximum Gasteiger partial charge on any atom is 0.241 e. The van der Waals surface area contributed by atoms with Gasteiger partial charge in [0.1, 0.15) is 0 Å². The zero-order valence-electron chi connectivity index (χ0n) is 13.4. The van der Waals surface area contributed by atoms with Gasteiger partial charge in [-0.05, 0) is 49.2 Å². The molecule has 0 fully saturated rings. The molecule has 1 amide bonds. The van der Waals surface area contributed by atoms with Crippen LogP contribution in [0.5, 0.6) is 0 Å². The highest BCUT2D eigenvalue weighted by Crippen LogP contribution is 2.15. The van der Waals surface area contributed by atoms with Crippen molar-refractivity contribution in [1.82, 2.24) is 4.72 Å². The molecular formula is C17H20N2O3S. The molecule has 0 atom stereocenters. The quantitative estimate of drug-likeness (QED) is 0.913. The Balaban J connectivity index is 2.07. The first-order chi connectivity index (χ1) is 10.8. The number of amides is 1. The van der Waals surface area contributed by atoms with E-state index < -0.39 is 10.0 Å². The van der Waals surface area contributed by atoms with E-state index in [0.29, 0.717) is 5.69 Å². The molecule has 1 N–H and O–H groups in total. The van der Waals surface area contributed by atoms with Crippen LogP contribution in [-0.2, 0) is 14.8 Å². The minimum Gasteiger partial charge on any atom is -0.314 e. The number of carbonyl (C=O) groups is 1. The number of benzene rings is 2. The molecule has 122 valence electrons. The Morgan fingerprint density at radius 2 is 1.70 bits per heavy atom. The van der Waals surface area contributed by atoms with Crippen LogP contribution in [0.1, 0.15) is 11.1 Å². The number of para-hydroxylation sites is 1. The number of likely N-dealkylation sites (N-methyl/N-ethyl adjacent to an activating group) is 1. The lowest BCUT2D eigenvalue weighted by Gasteiger charge is -2.17. The number of hydrogen-bond donors (Lipinski definition) is 1. The number of sulfonamides is 1. The van der Waals surface area contributed by atoms with Crippen LogP contribution in [0.25, 0.3) is 0 Å². The molecule has 0 spiro atoms. The van der Waals surface area contributed by atoms with Crippen molar-refractivity contribution in [1.29, 1.82) is 0 Å². The van der Waals surface area contributed by atoms with E-state index in [1.54, 1.807) is 31.3 Å². The summed E-state index contributed by atoms with van der Waals surface area (Å²) in [6.07, 6.45) is 0. The Bertz CT molecular complexity index is 802. The molecule has 2 rings (SSSR count). The van der Waals surface area contributed by atoms with Gasteiger partial charge in [-0.15, -0.1) is 0 Å². The van der Waals surface area contributed by atoms with E-state index >= 15 is 0 Å². The average Bonchev–Trinajstić information content (AvgIpc) is 2.55. The normalized spacial score (nSPS) is 11.3. The summed E-state index contributed by atoms with van der Waals surface area (Å²) in [5.41, 5.74) is 2.62. The smallest absolute Gasteiger partial charge is 0.241 e. The molecule has 0 aliphatic rings. The van der Waals surface area contributed by atoms with Gasteiger partial charge in [0.2, 0.25) is 15.9 Å². The maximum atomic E-state index is 12.3. The van der Waals surface area contributed by atoms with Gasteiger partial charge in [-0.3, -0.25) is 4.79 Å². The summed E-state index contributed by atoms with van der Waals surface area (Å²) in [5, 5.41) is 0. The second-order valence-electron chi connectivity index (χ2n) is 5.36. The lowest BCUT2D eigenvalue weighted by Crippen LogP contribution is -2.38. The Kier molecular flexibility index (Phi) is 5.18. The first kappa shape index (κ1) is 17.2. The molecule has 0 saturated carbocycles. The minimum absolute atomic E-state index is 0.163. The molecule has 0 saturated heterocycles. The summed E-state index contributed by atoms with van der Waals surface area (Å²) >= 11 is 0. The largest absolute Gasteiger partial charge is 0.314 e. The second kappa shape index (κ2) is 6.93. The van der Waals surface area contributed by atoms with E-state index in [1.165, 1.54) is 11.0 Å². The number of hydrogen-bond acceptors (Lipinski definition) is 3. The van der Waals surface area contributed by atoms with Gasteiger partial charge in [-0.25, -0.2) is 13.1 Å². The summed E-state index contributed by atoms with van der Waals surface area (Å²) in [6.45, 7) is 3.47. The van der Waals surface area contributed by atoms with Crippen molar-refractivity contribution < 1.29 is 13.2 Å². The van der Waals surface area contributed by atoms with Gasteiger partial charge >= 0.3 is 0 Å². The fraction of sp³-hybridized carbons (Fsp3) is 0.235. The Morgan fingerprint density at radius 1 is 1.04 bits per heavy atom. The molecule has 5 nitrogen and oxygen atoms in total. The van der Waals surface area contributed by atoms with Gasteiger partial charge in [-0.2, -0.15) is 0 Å². The molecule has 0 unspecified atom stereocenters. The molecule has 2 aromatic carbocycles. The summed E-state index contributed by atoms with van der Waals surface area (Å²) < 4.78 is 26.9. The fourth-order valence-electron chi connectivity index (χ4n) is 2.04. The molecule has 0 aliphatic carbocycles. The average molecular weight is 332 g/mol. The topological polar surface area (TPSA) is 66.5 Å². The number of nitrogens with zero attached hydrogens (tertiary/aromatic N) is 1. The number of anilines is 1. The van der Waals surface area contributed by atoms with Crippen LogP contribution in [0.4, 0.5) is 5.69 Å². The first-order valence-corrected chi connectivity index (χ1v) is 8.68. The molecular weight excluding hydrogens is 312 g/mol. The van der Waals surface area contributed by atoms with Gasteiger partial charge in [0.25, 0.3) is 0 Å². The Labute approximate surface area is 137 Å². The SMILES string of the molecule is Cc1ccc(S(=O)(=O)NCC(=O)N(C)c2ccccc2)cc1C. The van der Waals surface area contributed by atoms with Crippen molar-refractivity contribution in [3.63, 3.8) is 0 Å². The zero-order valence-corrected chi connectivity index (χ0v) is 14.2. The second-order valence-corrected chi connectivity index (χ2v) is 7.13. The fourth-order valence-corrected chi connectivity index (χ4v) is 3.09. The van der Waals surface area contributed by atoms with E-state index in [-0.39, 0.29) is 17.3 Å². The highest BCUT2D eigenvalue weighted by atomic mass is 32.2. The summed E-state index contributed by atoms with van der Waals surface area (Å²) in [6, 6.07) is 14.0. The van der Waals surface area contributed by atoms with Crippen molar-refractivity contribution in [2.75, 3.05) is 18.5 Å². The Morgan fingerprint density at radius 3 is 2.30 bits per heavy atom. The van der Waals surface area contributed by atoms with Crippen LogP contribution in [0, 0.1) is 13.8 Å². The van der Waals surface area contributed by atoms with E-state index in [1.807, 2.05) is 32.0 Å². The van der Waals surface area contributed by atoms with E-state index in [4.69, 9.17) is 0 Å². The number of nitrogens with one attached hydrogen (secondary N) is 1. The predicted molar refractivity (Wildman–Crippen MR) is 91.0 cm³/mol. The highest BCUT2D eigenvalue weighted by Gasteiger charge is 2.18. The lowest BCUT2D eigenvalue weighted by atomic mass is 10.1. The molecule has 0 aromatic heterocycles. The van der Waals surface area contributed by atoms with Gasteiger partial charge in [-0.1, -0.05) is 24.3 Å². The third kappa shape index (κ3) is 4.18. The number of rotatable bonds is 5. The molecule has 2 aromatic rings. The standard InChI is InChI=1S/C17H20N2O3S/c1-13-9-10-16(11-14(13)2)23(21,22)18-12-17(20)19(3)15-7-5-4-6-8-15/h4-11,18H,12H2,1-3H3. The van der Waals surface area contributed by atoms with Gasteiger partial charge in [0.05, 0.1) is 11.4 Å². The van der Waals surface area contributed by atoms with Crippen LogP contribution < -0.4 is 9.62 Å². The van der Waals surface area contributed by atoms with Crippen molar-refractivity contribution in [3.8, 4) is 0 Å². The molecule has 23 heavy (non-hydrogen) atoms. The molecule has 0 bridgehead atoms. The Hall–Kier alpha value is -2.18. The zero-order chi connectivity index (χ0) is 17.0. The molecule has 0 radical (unpaired) electrons. The molecule has 6 heteroatoms. The summed E-state index contributed by atoms with van der Waals surface area (Å²) in [7, 11) is -2.09. The van der Waals surface area contributed by atoms with Crippen LogP contribution in [0.3, 0.4) is 0 Å². The lowest BCUT2D eigenvalue weighted by molar-refractivity contribution is -0.117. The summed E-state index contributed by atoms with van der Waals surface area (Å²) in [4.78, 5) is 13.7. The third-order valence-corrected chi connectivity index (χ3v) is 5.12. The van der Waals surface area contributed by atoms with Crippen LogP contribution in [0.2, 0.25) is 0 Å². The molecule has 0 aliphatic heterocycles. The van der Waals surface area contributed by atoms with E-state index in [2.05, 4.69) is 4.72 Å². The third-order valence-electron chi connectivity index (χ3n) is 3.72. The van der Waals surface area contributed by atoms with Crippen molar-refractivity contribution in [2.24, 2.45) is 0 Å². The maximum absolute atomic E-state index is 12.3. The highest BCUT2D eigenvalue weighted by molar-refractivity contribution is 7.89. The molecule has 0 heterocycles. The van der Waals surface area contributed by atoms with Crippen LogP contribution >= 0.6 is 0 Å². The predicted octanol–water partition coefficient (Wildman–Crippen LogP) is 2.24. The van der Waals surface area contributed by atoms with Crippen molar-refractivity contribution in [3.05, 3.63) is 59.7 Å². The first-order valence-electron chi connectivity index (χ1n) is 7.20. The van der Waals surface area contributed by atoms with Gasteiger partial charge in [0.15, 0.2) is 0 Å². The minimum atomic E-state index is -3.71. The van der Waals surface area contributed by atoms with Gasteiger partial charge < -0.3 is 4.90 Å². The van der Waals surface area contributed by atoms with Crippen LogP contribution in [-0.4, -0.2) is 27.9 Å².